The van der Waals surface area contributed by atoms with Crippen LogP contribution in [0.25, 0.3) is 11.8 Å². The van der Waals surface area contributed by atoms with Gasteiger partial charge in [0.15, 0.2) is 6.61 Å². The SMILES string of the molecule is Cc1cc(/C=C(\C#N)C(=O)OCC(=O)Nc2sc3c(c2C#N)CCCCC3)c(C)n1-c1ccccc1F. The largest absolute Gasteiger partial charge is 0.451 e. The van der Waals surface area contributed by atoms with Crippen molar-refractivity contribution < 1.29 is 18.7 Å². The van der Waals surface area contributed by atoms with Gasteiger partial charge < -0.3 is 14.6 Å². The third-order valence-electron chi connectivity index (χ3n) is 6.32. The zero-order valence-electron chi connectivity index (χ0n) is 20.6. The van der Waals surface area contributed by atoms with Crippen molar-refractivity contribution in [1.29, 1.82) is 10.5 Å². The molecule has 1 aromatic carbocycles. The number of nitrogens with one attached hydrogen (secondary N) is 1. The number of amides is 1. The van der Waals surface area contributed by atoms with E-state index in [1.54, 1.807) is 42.7 Å². The maximum atomic E-state index is 14.3. The molecule has 9 heteroatoms. The molecule has 0 atom stereocenters. The summed E-state index contributed by atoms with van der Waals surface area (Å²) in [5.41, 5.74) is 3.46. The van der Waals surface area contributed by atoms with Gasteiger partial charge in [-0.25, -0.2) is 9.18 Å². The first-order valence-corrected chi connectivity index (χ1v) is 12.7. The van der Waals surface area contributed by atoms with Crippen LogP contribution in [0.15, 0.2) is 35.9 Å². The molecule has 1 amide bonds. The Morgan fingerprint density at radius 3 is 2.68 bits per heavy atom. The average Bonchev–Trinajstić information content (AvgIpc) is 3.23. The Morgan fingerprint density at radius 2 is 1.95 bits per heavy atom. The number of hydrogen-bond acceptors (Lipinski definition) is 6. The van der Waals surface area contributed by atoms with Crippen LogP contribution in [0.5, 0.6) is 0 Å². The minimum Gasteiger partial charge on any atom is -0.451 e. The summed E-state index contributed by atoms with van der Waals surface area (Å²) < 4.78 is 21.1. The predicted molar refractivity (Wildman–Crippen MR) is 139 cm³/mol. The molecule has 2 aromatic heterocycles. The molecule has 188 valence electrons. The Morgan fingerprint density at radius 1 is 1.19 bits per heavy atom. The molecule has 1 aliphatic carbocycles. The van der Waals surface area contributed by atoms with Crippen LogP contribution >= 0.6 is 11.3 Å². The van der Waals surface area contributed by atoms with Crippen LogP contribution in [0.4, 0.5) is 9.39 Å². The van der Waals surface area contributed by atoms with E-state index in [0.29, 0.717) is 27.5 Å². The van der Waals surface area contributed by atoms with Crippen LogP contribution in [0.1, 0.15) is 52.2 Å². The first kappa shape index (κ1) is 25.9. The number of fused-ring (bicyclic) bond motifs is 1. The minimum absolute atomic E-state index is 0.290. The van der Waals surface area contributed by atoms with Gasteiger partial charge in [0.2, 0.25) is 0 Å². The Hall–Kier alpha value is -4.21. The first-order valence-electron chi connectivity index (χ1n) is 11.9. The van der Waals surface area contributed by atoms with Crippen LogP contribution in [-0.4, -0.2) is 23.1 Å². The van der Waals surface area contributed by atoms with Crippen molar-refractivity contribution in [1.82, 2.24) is 4.57 Å². The van der Waals surface area contributed by atoms with Crippen molar-refractivity contribution in [2.45, 2.75) is 46.0 Å². The summed E-state index contributed by atoms with van der Waals surface area (Å²) in [7, 11) is 0. The zero-order chi connectivity index (χ0) is 26.5. The number of anilines is 1. The quantitative estimate of drug-likeness (QED) is 0.201. The van der Waals surface area contributed by atoms with Crippen LogP contribution < -0.4 is 5.32 Å². The molecule has 1 N–H and O–H groups in total. The van der Waals surface area contributed by atoms with E-state index < -0.39 is 24.3 Å². The number of benzene rings is 1. The van der Waals surface area contributed by atoms with Gasteiger partial charge in [-0.1, -0.05) is 18.6 Å². The lowest BCUT2D eigenvalue weighted by molar-refractivity contribution is -0.142. The van der Waals surface area contributed by atoms with Crippen molar-refractivity contribution in [3.8, 4) is 17.8 Å². The summed E-state index contributed by atoms with van der Waals surface area (Å²) in [5, 5.41) is 22.3. The minimum atomic E-state index is -0.948. The summed E-state index contributed by atoms with van der Waals surface area (Å²) in [6, 6.07) is 12.1. The number of hydrogen-bond donors (Lipinski definition) is 1. The number of aromatic nitrogens is 1. The number of nitrogens with zero attached hydrogens (tertiary/aromatic N) is 3. The number of carbonyl (C=O) groups excluding carboxylic acids is 2. The number of ether oxygens (including phenoxy) is 1. The highest BCUT2D eigenvalue weighted by molar-refractivity contribution is 7.16. The fourth-order valence-corrected chi connectivity index (χ4v) is 5.81. The lowest BCUT2D eigenvalue weighted by Crippen LogP contribution is -2.21. The maximum absolute atomic E-state index is 14.3. The number of aryl methyl sites for hydroxylation is 2. The second-order valence-electron chi connectivity index (χ2n) is 8.79. The van der Waals surface area contributed by atoms with Crippen molar-refractivity contribution in [2.24, 2.45) is 0 Å². The van der Waals surface area contributed by atoms with Crippen molar-refractivity contribution in [2.75, 3.05) is 11.9 Å². The van der Waals surface area contributed by atoms with Gasteiger partial charge in [0.05, 0.1) is 11.3 Å². The highest BCUT2D eigenvalue weighted by atomic mass is 32.1. The second-order valence-corrected chi connectivity index (χ2v) is 9.89. The van der Waals surface area contributed by atoms with E-state index >= 15 is 0 Å². The van der Waals surface area contributed by atoms with Crippen molar-refractivity contribution >= 4 is 34.3 Å². The van der Waals surface area contributed by atoms with Gasteiger partial charge in [0.25, 0.3) is 5.91 Å². The Kier molecular flexibility index (Phi) is 7.86. The van der Waals surface area contributed by atoms with Gasteiger partial charge in [0.1, 0.15) is 28.5 Å². The zero-order valence-corrected chi connectivity index (χ0v) is 21.4. The molecule has 0 unspecified atom stereocenters. The smallest absolute Gasteiger partial charge is 0.349 e. The van der Waals surface area contributed by atoms with Crippen LogP contribution in [0.3, 0.4) is 0 Å². The van der Waals surface area contributed by atoms with E-state index in [2.05, 4.69) is 11.4 Å². The van der Waals surface area contributed by atoms with E-state index in [4.69, 9.17) is 4.74 Å². The topological polar surface area (TPSA) is 108 Å². The molecule has 7 nitrogen and oxygen atoms in total. The average molecular weight is 517 g/mol. The number of esters is 1. The second kappa shape index (κ2) is 11.2. The third-order valence-corrected chi connectivity index (χ3v) is 7.53. The number of halogens is 1. The molecule has 0 fully saturated rings. The fraction of sp³-hybridized carbons (Fsp3) is 0.286. The van der Waals surface area contributed by atoms with Crippen LogP contribution in [0, 0.1) is 42.3 Å². The molecule has 1 aliphatic rings. The molecule has 0 bridgehead atoms. The molecule has 4 rings (SSSR count). The Labute approximate surface area is 218 Å². The molecule has 0 radical (unpaired) electrons. The fourth-order valence-electron chi connectivity index (χ4n) is 4.55. The lowest BCUT2D eigenvalue weighted by atomic mass is 10.1. The number of para-hydroxylation sites is 1. The van der Waals surface area contributed by atoms with E-state index in [1.807, 2.05) is 6.07 Å². The molecule has 0 saturated carbocycles. The molecule has 3 aromatic rings. The summed E-state index contributed by atoms with van der Waals surface area (Å²) in [6.45, 7) is 2.96. The van der Waals surface area contributed by atoms with Gasteiger partial charge in [-0.15, -0.1) is 11.3 Å². The van der Waals surface area contributed by atoms with E-state index in [9.17, 15) is 24.5 Å². The Bertz CT molecular complexity index is 1490. The maximum Gasteiger partial charge on any atom is 0.349 e. The third kappa shape index (κ3) is 5.47. The summed E-state index contributed by atoms with van der Waals surface area (Å²) >= 11 is 1.39. The van der Waals surface area contributed by atoms with Gasteiger partial charge in [-0.3, -0.25) is 4.79 Å². The van der Waals surface area contributed by atoms with Crippen molar-refractivity contribution in [3.63, 3.8) is 0 Å². The van der Waals surface area contributed by atoms with Gasteiger partial charge in [0, 0.05) is 16.3 Å². The van der Waals surface area contributed by atoms with Gasteiger partial charge in [-0.2, -0.15) is 10.5 Å². The highest BCUT2D eigenvalue weighted by Gasteiger charge is 2.22. The highest BCUT2D eigenvalue weighted by Crippen LogP contribution is 2.37. The summed E-state index contributed by atoms with van der Waals surface area (Å²) in [4.78, 5) is 26.2. The summed E-state index contributed by atoms with van der Waals surface area (Å²) in [6.07, 6.45) is 6.24. The van der Waals surface area contributed by atoms with E-state index in [-0.39, 0.29) is 5.57 Å². The lowest BCUT2D eigenvalue weighted by Gasteiger charge is -2.10. The molecule has 37 heavy (non-hydrogen) atoms. The normalized spacial score (nSPS) is 13.2. The number of nitriles is 2. The van der Waals surface area contributed by atoms with E-state index in [0.717, 1.165) is 48.2 Å². The standard InChI is InChI=1S/C28H25FN4O3S/c1-17-12-19(18(2)33(17)24-10-7-6-9-23(24)29)13-20(14-30)28(35)36-16-26(34)32-27-22(15-31)21-8-4-3-5-11-25(21)37-27/h6-7,9-10,12-13H,3-5,8,11,16H2,1-2H3,(H,32,34)/b20-13+. The monoisotopic (exact) mass is 516 g/mol. The van der Waals surface area contributed by atoms with Crippen LogP contribution in [0.2, 0.25) is 0 Å². The van der Waals surface area contributed by atoms with Gasteiger partial charge >= 0.3 is 5.97 Å². The first-order chi connectivity index (χ1) is 17.8. The number of carbonyl (C=O) groups is 2. The van der Waals surface area contributed by atoms with Crippen molar-refractivity contribution in [3.05, 3.63) is 74.7 Å². The molecular formula is C28H25FN4O3S. The van der Waals surface area contributed by atoms with Gasteiger partial charge in [-0.05, 0) is 74.9 Å². The predicted octanol–water partition coefficient (Wildman–Crippen LogP) is 5.52. The number of thiophene rings is 1. The molecule has 0 spiro atoms. The van der Waals surface area contributed by atoms with Crippen LogP contribution in [-0.2, 0) is 27.2 Å². The summed E-state index contributed by atoms with van der Waals surface area (Å²) in [5.74, 6) is -1.93. The molecule has 2 heterocycles. The Balaban J connectivity index is 1.46. The molecule has 0 saturated heterocycles. The molecule has 0 aliphatic heterocycles. The number of rotatable bonds is 6. The van der Waals surface area contributed by atoms with E-state index in [1.165, 1.54) is 23.5 Å². The molecular weight excluding hydrogens is 491 g/mol.